The molecule has 142 valence electrons. The molecule has 0 fully saturated rings. The molecule has 2 amide bonds. The zero-order valence-electron chi connectivity index (χ0n) is 16.0. The van der Waals surface area contributed by atoms with Gasteiger partial charge in [0.25, 0.3) is 5.91 Å². The average molecular weight is 372 g/mol. The minimum atomic E-state index is -0.126. The number of hydrogen-bond acceptors (Lipinski definition) is 2. The lowest BCUT2D eigenvalue weighted by molar-refractivity contribution is -0.118. The van der Waals surface area contributed by atoms with Crippen LogP contribution < -0.4 is 10.2 Å². The number of anilines is 1. The molecule has 3 aromatic rings. The van der Waals surface area contributed by atoms with Crippen molar-refractivity contribution in [3.8, 4) is 0 Å². The molecule has 1 N–H and O–H groups in total. The van der Waals surface area contributed by atoms with Gasteiger partial charge in [0, 0.05) is 24.2 Å². The molecule has 0 aliphatic heterocycles. The van der Waals surface area contributed by atoms with Crippen molar-refractivity contribution in [1.29, 1.82) is 0 Å². The van der Waals surface area contributed by atoms with E-state index in [1.54, 1.807) is 11.0 Å². The van der Waals surface area contributed by atoms with Crippen molar-refractivity contribution in [1.82, 2.24) is 5.32 Å². The Labute approximate surface area is 165 Å². The van der Waals surface area contributed by atoms with Crippen LogP contribution >= 0.6 is 0 Å². The Morgan fingerprint density at radius 1 is 0.821 bits per heavy atom. The summed E-state index contributed by atoms with van der Waals surface area (Å²) >= 11 is 0. The third-order valence-corrected chi connectivity index (χ3v) is 4.50. The Balaban J connectivity index is 1.72. The van der Waals surface area contributed by atoms with E-state index in [2.05, 4.69) is 5.32 Å². The van der Waals surface area contributed by atoms with Crippen LogP contribution in [0.2, 0.25) is 0 Å². The predicted molar refractivity (Wildman–Crippen MR) is 112 cm³/mol. The fraction of sp³-hybridized carbons (Fsp3) is 0.167. The van der Waals surface area contributed by atoms with Crippen molar-refractivity contribution >= 4 is 17.5 Å². The molecule has 0 bridgehead atoms. The molecular weight excluding hydrogens is 348 g/mol. The summed E-state index contributed by atoms with van der Waals surface area (Å²) in [5.41, 5.74) is 3.41. The lowest BCUT2D eigenvalue weighted by atomic mass is 10.1. The summed E-state index contributed by atoms with van der Waals surface area (Å²) in [5.74, 6) is -0.0797. The minimum absolute atomic E-state index is 0.0464. The maximum Gasteiger partial charge on any atom is 0.251 e. The molecule has 0 radical (unpaired) electrons. The van der Waals surface area contributed by atoms with Gasteiger partial charge in [0.2, 0.25) is 5.91 Å². The summed E-state index contributed by atoms with van der Waals surface area (Å²) < 4.78 is 0. The van der Waals surface area contributed by atoms with Crippen LogP contribution in [0.25, 0.3) is 0 Å². The lowest BCUT2D eigenvalue weighted by Crippen LogP contribution is -2.29. The fourth-order valence-electron chi connectivity index (χ4n) is 3.00. The number of nitrogens with one attached hydrogen (secondary N) is 1. The van der Waals surface area contributed by atoms with E-state index in [0.717, 1.165) is 16.8 Å². The third-order valence-electron chi connectivity index (χ3n) is 4.50. The van der Waals surface area contributed by atoms with Crippen LogP contribution in [0.15, 0.2) is 84.9 Å². The van der Waals surface area contributed by atoms with Gasteiger partial charge in [-0.3, -0.25) is 9.59 Å². The van der Waals surface area contributed by atoms with Gasteiger partial charge in [-0.15, -0.1) is 0 Å². The van der Waals surface area contributed by atoms with E-state index in [-0.39, 0.29) is 11.8 Å². The lowest BCUT2D eigenvalue weighted by Gasteiger charge is -2.22. The summed E-state index contributed by atoms with van der Waals surface area (Å²) in [6.07, 6.45) is 0.423. The Kier molecular flexibility index (Phi) is 6.58. The highest BCUT2D eigenvalue weighted by Gasteiger charge is 2.15. The fourth-order valence-corrected chi connectivity index (χ4v) is 3.00. The molecule has 0 saturated carbocycles. The van der Waals surface area contributed by atoms with Crippen molar-refractivity contribution in [3.05, 3.63) is 102 Å². The summed E-state index contributed by atoms with van der Waals surface area (Å²) in [5, 5.41) is 2.94. The van der Waals surface area contributed by atoms with Gasteiger partial charge in [-0.25, -0.2) is 0 Å². The standard InChI is InChI=1S/C24H24N2O2/c1-2-23(27)26(22-14-7-4-8-15-22)18-20-12-9-13-21(16-20)24(28)25-17-19-10-5-3-6-11-19/h3-16H,2,17-18H2,1H3,(H,25,28). The highest BCUT2D eigenvalue weighted by Crippen LogP contribution is 2.19. The van der Waals surface area contributed by atoms with Gasteiger partial charge in [-0.05, 0) is 35.4 Å². The number of benzene rings is 3. The molecule has 28 heavy (non-hydrogen) atoms. The van der Waals surface area contributed by atoms with Crippen molar-refractivity contribution in [3.63, 3.8) is 0 Å². The highest BCUT2D eigenvalue weighted by molar-refractivity contribution is 5.95. The molecule has 3 rings (SSSR count). The molecule has 0 unspecified atom stereocenters. The SMILES string of the molecule is CCC(=O)N(Cc1cccc(C(=O)NCc2ccccc2)c1)c1ccccc1. The van der Waals surface area contributed by atoms with Crippen LogP contribution in [-0.2, 0) is 17.9 Å². The number of hydrogen-bond donors (Lipinski definition) is 1. The van der Waals surface area contributed by atoms with Gasteiger partial charge in [-0.2, -0.15) is 0 Å². The van der Waals surface area contributed by atoms with E-state index < -0.39 is 0 Å². The second-order valence-corrected chi connectivity index (χ2v) is 6.54. The number of para-hydroxylation sites is 1. The van der Waals surface area contributed by atoms with Crippen molar-refractivity contribution in [2.24, 2.45) is 0 Å². The first-order chi connectivity index (χ1) is 13.7. The Hall–Kier alpha value is -3.40. The molecule has 0 aliphatic rings. The van der Waals surface area contributed by atoms with Gasteiger partial charge < -0.3 is 10.2 Å². The van der Waals surface area contributed by atoms with Crippen LogP contribution in [0.1, 0.15) is 34.8 Å². The van der Waals surface area contributed by atoms with Crippen LogP contribution in [0.5, 0.6) is 0 Å². The topological polar surface area (TPSA) is 49.4 Å². The first-order valence-corrected chi connectivity index (χ1v) is 9.44. The zero-order valence-corrected chi connectivity index (χ0v) is 16.0. The largest absolute Gasteiger partial charge is 0.348 e. The van der Waals surface area contributed by atoms with Gasteiger partial charge >= 0.3 is 0 Å². The smallest absolute Gasteiger partial charge is 0.251 e. The second-order valence-electron chi connectivity index (χ2n) is 6.54. The van der Waals surface area contributed by atoms with E-state index in [0.29, 0.717) is 25.1 Å². The molecule has 0 heterocycles. The van der Waals surface area contributed by atoms with Gasteiger partial charge in [0.15, 0.2) is 0 Å². The molecule has 3 aromatic carbocycles. The number of nitrogens with zero attached hydrogens (tertiary/aromatic N) is 1. The quantitative estimate of drug-likeness (QED) is 0.661. The number of carbonyl (C=O) groups is 2. The minimum Gasteiger partial charge on any atom is -0.348 e. The van der Waals surface area contributed by atoms with E-state index in [9.17, 15) is 9.59 Å². The third kappa shape index (κ3) is 5.07. The summed E-state index contributed by atoms with van der Waals surface area (Å²) in [6, 6.07) is 26.8. The van der Waals surface area contributed by atoms with Crippen molar-refractivity contribution < 1.29 is 9.59 Å². The number of amides is 2. The molecule has 0 atom stereocenters. The molecule has 4 heteroatoms. The number of carbonyl (C=O) groups excluding carboxylic acids is 2. The van der Waals surface area contributed by atoms with Crippen LogP contribution in [0.3, 0.4) is 0 Å². The average Bonchev–Trinajstić information content (AvgIpc) is 2.77. The predicted octanol–water partition coefficient (Wildman–Crippen LogP) is 4.56. The van der Waals surface area contributed by atoms with Gasteiger partial charge in [0.05, 0.1) is 6.54 Å². The Morgan fingerprint density at radius 2 is 1.46 bits per heavy atom. The van der Waals surface area contributed by atoms with Crippen molar-refractivity contribution in [2.45, 2.75) is 26.4 Å². The van der Waals surface area contributed by atoms with Crippen LogP contribution in [-0.4, -0.2) is 11.8 Å². The first-order valence-electron chi connectivity index (χ1n) is 9.44. The maximum atomic E-state index is 12.5. The normalized spacial score (nSPS) is 10.3. The number of rotatable bonds is 7. The molecule has 0 aliphatic carbocycles. The molecule has 4 nitrogen and oxygen atoms in total. The molecule has 0 spiro atoms. The maximum absolute atomic E-state index is 12.5. The molecule has 0 saturated heterocycles. The Bertz CT molecular complexity index is 924. The van der Waals surface area contributed by atoms with E-state index in [1.807, 2.05) is 85.8 Å². The van der Waals surface area contributed by atoms with Gasteiger partial charge in [0.1, 0.15) is 0 Å². The summed E-state index contributed by atoms with van der Waals surface area (Å²) in [4.78, 5) is 26.7. The van der Waals surface area contributed by atoms with E-state index in [1.165, 1.54) is 0 Å². The van der Waals surface area contributed by atoms with Crippen LogP contribution in [0.4, 0.5) is 5.69 Å². The van der Waals surface area contributed by atoms with Gasteiger partial charge in [-0.1, -0.05) is 67.6 Å². The summed E-state index contributed by atoms with van der Waals surface area (Å²) in [7, 11) is 0. The van der Waals surface area contributed by atoms with Crippen molar-refractivity contribution in [2.75, 3.05) is 4.90 Å². The van der Waals surface area contributed by atoms with E-state index in [4.69, 9.17) is 0 Å². The highest BCUT2D eigenvalue weighted by atomic mass is 16.2. The van der Waals surface area contributed by atoms with E-state index >= 15 is 0 Å². The van der Waals surface area contributed by atoms with Crippen LogP contribution in [0, 0.1) is 0 Å². The molecule has 0 aromatic heterocycles. The monoisotopic (exact) mass is 372 g/mol. The summed E-state index contributed by atoms with van der Waals surface area (Å²) in [6.45, 7) is 2.76. The Morgan fingerprint density at radius 3 is 2.14 bits per heavy atom. The first kappa shape index (κ1) is 19.4. The molecular formula is C24H24N2O2. The second kappa shape index (κ2) is 9.51. The zero-order chi connectivity index (χ0) is 19.8.